The molecular formula is C22H20N4O2. The summed E-state index contributed by atoms with van der Waals surface area (Å²) < 4.78 is 13.6. The van der Waals surface area contributed by atoms with E-state index in [9.17, 15) is 0 Å². The summed E-state index contributed by atoms with van der Waals surface area (Å²) in [5.74, 6) is 2.48. The Labute approximate surface area is 162 Å². The van der Waals surface area contributed by atoms with Crippen LogP contribution in [0.2, 0.25) is 0 Å². The maximum atomic E-state index is 5.87. The summed E-state index contributed by atoms with van der Waals surface area (Å²) in [7, 11) is 2.02. The van der Waals surface area contributed by atoms with Crippen molar-refractivity contribution in [3.63, 3.8) is 0 Å². The largest absolute Gasteiger partial charge is 0.493 e. The molecule has 1 N–H and O–H groups in total. The van der Waals surface area contributed by atoms with E-state index >= 15 is 0 Å². The van der Waals surface area contributed by atoms with E-state index in [0.29, 0.717) is 12.5 Å². The van der Waals surface area contributed by atoms with E-state index in [4.69, 9.17) is 9.26 Å². The molecule has 5 rings (SSSR count). The highest BCUT2D eigenvalue weighted by atomic mass is 16.5. The minimum absolute atomic E-state index is 0.592. The van der Waals surface area contributed by atoms with E-state index in [0.717, 1.165) is 51.8 Å². The summed E-state index contributed by atoms with van der Waals surface area (Å²) in [6.45, 7) is 2.59. The van der Waals surface area contributed by atoms with Gasteiger partial charge in [0.15, 0.2) is 0 Å². The third-order valence-electron chi connectivity index (χ3n) is 5.18. The van der Waals surface area contributed by atoms with Gasteiger partial charge in [-0.1, -0.05) is 29.4 Å². The van der Waals surface area contributed by atoms with Crippen molar-refractivity contribution in [3.8, 4) is 28.3 Å². The molecule has 1 aliphatic rings. The Morgan fingerprint density at radius 1 is 1.11 bits per heavy atom. The highest BCUT2D eigenvalue weighted by molar-refractivity contribution is 5.76. The molecule has 1 aliphatic heterocycles. The molecule has 0 saturated carbocycles. The minimum atomic E-state index is 0.592. The number of aromatic nitrogens is 3. The number of ether oxygens (including phenoxy) is 1. The lowest BCUT2D eigenvalue weighted by Crippen LogP contribution is -2.00. The topological polar surface area (TPSA) is 65.1 Å². The van der Waals surface area contributed by atoms with Crippen LogP contribution in [-0.4, -0.2) is 21.3 Å². The highest BCUT2D eigenvalue weighted by Crippen LogP contribution is 2.38. The fourth-order valence-corrected chi connectivity index (χ4v) is 3.56. The van der Waals surface area contributed by atoms with Gasteiger partial charge in [-0.3, -0.25) is 0 Å². The molecule has 0 atom stereocenters. The van der Waals surface area contributed by atoms with Crippen molar-refractivity contribution in [1.29, 1.82) is 0 Å². The second-order valence-electron chi connectivity index (χ2n) is 6.89. The lowest BCUT2D eigenvalue weighted by Gasteiger charge is -2.08. The number of hydrogen-bond acceptors (Lipinski definition) is 5. The van der Waals surface area contributed by atoms with E-state index in [-0.39, 0.29) is 0 Å². The minimum Gasteiger partial charge on any atom is -0.493 e. The van der Waals surface area contributed by atoms with E-state index < -0.39 is 0 Å². The van der Waals surface area contributed by atoms with Crippen LogP contribution in [0.3, 0.4) is 0 Å². The average molecular weight is 372 g/mol. The fraction of sp³-hybridized carbons (Fsp3) is 0.182. The summed E-state index contributed by atoms with van der Waals surface area (Å²) in [5, 5.41) is 7.71. The number of nitrogens with zero attached hydrogens (tertiary/aromatic N) is 3. The van der Waals surface area contributed by atoms with Gasteiger partial charge in [0, 0.05) is 35.8 Å². The average Bonchev–Trinajstić information content (AvgIpc) is 3.19. The van der Waals surface area contributed by atoms with Gasteiger partial charge in [0.25, 0.3) is 0 Å². The first kappa shape index (κ1) is 16.6. The molecule has 0 unspecified atom stereocenters. The third kappa shape index (κ3) is 2.74. The van der Waals surface area contributed by atoms with Crippen molar-refractivity contribution in [2.24, 2.45) is 7.05 Å². The molecular weight excluding hydrogens is 352 g/mol. The SMILES string of the molecule is Cc1ncc(-c2cccc(Nc3onc4c3CCOc3ccccc3-4)c2)n1C. The van der Waals surface area contributed by atoms with Crippen molar-refractivity contribution in [2.45, 2.75) is 13.3 Å². The maximum Gasteiger partial charge on any atom is 0.233 e. The molecule has 0 spiro atoms. The van der Waals surface area contributed by atoms with Crippen molar-refractivity contribution in [1.82, 2.24) is 14.7 Å². The van der Waals surface area contributed by atoms with Gasteiger partial charge >= 0.3 is 0 Å². The second-order valence-corrected chi connectivity index (χ2v) is 6.89. The first-order valence-corrected chi connectivity index (χ1v) is 9.27. The van der Waals surface area contributed by atoms with Crippen LogP contribution in [0.1, 0.15) is 11.4 Å². The zero-order valence-electron chi connectivity index (χ0n) is 15.8. The predicted molar refractivity (Wildman–Crippen MR) is 108 cm³/mol. The molecule has 0 fully saturated rings. The summed E-state index contributed by atoms with van der Waals surface area (Å²) in [4.78, 5) is 4.39. The van der Waals surface area contributed by atoms with Gasteiger partial charge in [-0.25, -0.2) is 4.98 Å². The van der Waals surface area contributed by atoms with Crippen LogP contribution in [0.5, 0.6) is 5.75 Å². The molecule has 6 heteroatoms. The van der Waals surface area contributed by atoms with Crippen molar-refractivity contribution >= 4 is 11.6 Å². The Morgan fingerprint density at radius 3 is 2.86 bits per heavy atom. The summed E-state index contributed by atoms with van der Waals surface area (Å²) in [6, 6.07) is 16.1. The second kappa shape index (κ2) is 6.56. The first-order chi connectivity index (χ1) is 13.7. The van der Waals surface area contributed by atoms with Gasteiger partial charge in [-0.2, -0.15) is 0 Å². The van der Waals surface area contributed by atoms with Crippen LogP contribution < -0.4 is 10.1 Å². The lowest BCUT2D eigenvalue weighted by atomic mass is 10.1. The molecule has 4 aromatic rings. The number of aryl methyl sites for hydroxylation is 1. The standard InChI is InChI=1S/C22H20N4O2/c1-14-23-13-19(26(14)2)15-6-5-7-16(12-15)24-22-18-10-11-27-20-9-4-3-8-17(20)21(18)25-28-22/h3-9,12-13,24H,10-11H2,1-2H3. The van der Waals surface area contributed by atoms with Crippen LogP contribution in [0.15, 0.2) is 59.3 Å². The van der Waals surface area contributed by atoms with Gasteiger partial charge in [0.2, 0.25) is 5.88 Å². The number of imidazole rings is 1. The Hall–Kier alpha value is -3.54. The van der Waals surface area contributed by atoms with E-state index in [1.54, 1.807) is 0 Å². The number of fused-ring (bicyclic) bond motifs is 3. The van der Waals surface area contributed by atoms with Crippen LogP contribution in [0.25, 0.3) is 22.5 Å². The molecule has 0 amide bonds. The van der Waals surface area contributed by atoms with E-state index in [1.165, 1.54) is 0 Å². The summed E-state index contributed by atoms with van der Waals surface area (Å²) >= 11 is 0. The zero-order chi connectivity index (χ0) is 19.1. The zero-order valence-corrected chi connectivity index (χ0v) is 15.8. The number of hydrogen-bond donors (Lipinski definition) is 1. The fourth-order valence-electron chi connectivity index (χ4n) is 3.56. The summed E-state index contributed by atoms with van der Waals surface area (Å²) in [5.41, 5.74) is 5.94. The van der Waals surface area contributed by atoms with E-state index in [2.05, 4.69) is 32.2 Å². The van der Waals surface area contributed by atoms with Gasteiger partial charge in [0.05, 0.1) is 18.5 Å². The van der Waals surface area contributed by atoms with Crippen molar-refractivity contribution in [2.75, 3.05) is 11.9 Å². The molecule has 6 nitrogen and oxygen atoms in total. The number of anilines is 2. The number of nitrogens with one attached hydrogen (secondary N) is 1. The molecule has 0 saturated heterocycles. The van der Waals surface area contributed by atoms with Crippen LogP contribution >= 0.6 is 0 Å². The monoisotopic (exact) mass is 372 g/mol. The van der Waals surface area contributed by atoms with Crippen LogP contribution in [0.4, 0.5) is 11.6 Å². The van der Waals surface area contributed by atoms with Crippen LogP contribution in [0, 0.1) is 6.92 Å². The molecule has 28 heavy (non-hydrogen) atoms. The molecule has 2 aromatic carbocycles. The summed E-state index contributed by atoms with van der Waals surface area (Å²) in [6.07, 6.45) is 2.62. The first-order valence-electron chi connectivity index (χ1n) is 9.27. The molecule has 3 heterocycles. The quantitative estimate of drug-likeness (QED) is 0.563. The van der Waals surface area contributed by atoms with Gasteiger partial charge in [0.1, 0.15) is 17.3 Å². The number of rotatable bonds is 3. The van der Waals surface area contributed by atoms with Gasteiger partial charge in [-0.05, 0) is 31.2 Å². The lowest BCUT2D eigenvalue weighted by molar-refractivity contribution is 0.325. The normalized spacial score (nSPS) is 12.6. The Kier molecular flexibility index (Phi) is 3.90. The molecule has 0 radical (unpaired) electrons. The Balaban J connectivity index is 1.50. The van der Waals surface area contributed by atoms with Crippen molar-refractivity contribution < 1.29 is 9.26 Å². The molecule has 0 aliphatic carbocycles. The van der Waals surface area contributed by atoms with Crippen LogP contribution in [-0.2, 0) is 13.5 Å². The Bertz CT molecular complexity index is 1160. The smallest absolute Gasteiger partial charge is 0.233 e. The number of para-hydroxylation sites is 1. The van der Waals surface area contributed by atoms with Crippen molar-refractivity contribution in [3.05, 3.63) is 66.1 Å². The highest BCUT2D eigenvalue weighted by Gasteiger charge is 2.23. The molecule has 2 aromatic heterocycles. The Morgan fingerprint density at radius 2 is 2.00 bits per heavy atom. The maximum absolute atomic E-state index is 5.87. The van der Waals surface area contributed by atoms with Gasteiger partial charge < -0.3 is 19.1 Å². The van der Waals surface area contributed by atoms with Gasteiger partial charge in [-0.15, -0.1) is 0 Å². The molecule has 140 valence electrons. The molecule has 0 bridgehead atoms. The predicted octanol–water partition coefficient (Wildman–Crippen LogP) is 4.73. The number of benzene rings is 2. The third-order valence-corrected chi connectivity index (χ3v) is 5.18. The van der Waals surface area contributed by atoms with E-state index in [1.807, 2.05) is 56.6 Å².